The summed E-state index contributed by atoms with van der Waals surface area (Å²) in [6, 6.07) is 8.05. The number of nitrogens with zero attached hydrogens (tertiary/aromatic N) is 2. The van der Waals surface area contributed by atoms with E-state index in [2.05, 4.69) is 22.5 Å². The van der Waals surface area contributed by atoms with Crippen molar-refractivity contribution < 1.29 is 4.74 Å². The molecule has 0 spiro atoms. The SMILES string of the molecule is CCCCCCCCOc1ccnc(-c2cccn2C)c1. The Morgan fingerprint density at radius 2 is 1.90 bits per heavy atom. The third-order valence-electron chi connectivity index (χ3n) is 3.70. The van der Waals surface area contributed by atoms with E-state index in [9.17, 15) is 0 Å². The molecule has 0 fully saturated rings. The summed E-state index contributed by atoms with van der Waals surface area (Å²) in [5.41, 5.74) is 2.07. The van der Waals surface area contributed by atoms with Crippen molar-refractivity contribution >= 4 is 0 Å². The molecule has 3 nitrogen and oxygen atoms in total. The number of hydrogen-bond donors (Lipinski definition) is 0. The van der Waals surface area contributed by atoms with Crippen molar-refractivity contribution in [2.45, 2.75) is 45.4 Å². The van der Waals surface area contributed by atoms with Crippen molar-refractivity contribution in [2.24, 2.45) is 7.05 Å². The molecule has 0 saturated carbocycles. The molecule has 2 aromatic heterocycles. The second-order valence-electron chi connectivity index (χ2n) is 5.50. The Morgan fingerprint density at radius 1 is 1.10 bits per heavy atom. The zero-order valence-corrected chi connectivity index (χ0v) is 13.2. The van der Waals surface area contributed by atoms with E-state index >= 15 is 0 Å². The van der Waals surface area contributed by atoms with Crippen LogP contribution >= 0.6 is 0 Å². The van der Waals surface area contributed by atoms with Crippen LogP contribution in [0.5, 0.6) is 5.75 Å². The van der Waals surface area contributed by atoms with Gasteiger partial charge in [0.15, 0.2) is 0 Å². The third-order valence-corrected chi connectivity index (χ3v) is 3.70. The summed E-state index contributed by atoms with van der Waals surface area (Å²) in [6.45, 7) is 3.04. The molecule has 0 aliphatic carbocycles. The molecule has 0 aliphatic rings. The first-order valence-corrected chi connectivity index (χ1v) is 8.02. The minimum atomic E-state index is 0.794. The second kappa shape index (κ2) is 8.50. The molecule has 0 aliphatic heterocycles. The van der Waals surface area contributed by atoms with Gasteiger partial charge in [0.1, 0.15) is 5.75 Å². The maximum absolute atomic E-state index is 5.84. The van der Waals surface area contributed by atoms with Gasteiger partial charge in [-0.15, -0.1) is 0 Å². The molecule has 2 heterocycles. The highest BCUT2D eigenvalue weighted by atomic mass is 16.5. The van der Waals surface area contributed by atoms with Crippen LogP contribution in [0.1, 0.15) is 45.4 Å². The minimum absolute atomic E-state index is 0.794. The van der Waals surface area contributed by atoms with Gasteiger partial charge in [0, 0.05) is 25.5 Å². The van der Waals surface area contributed by atoms with Gasteiger partial charge in [-0.2, -0.15) is 0 Å². The molecular weight excluding hydrogens is 260 g/mol. The van der Waals surface area contributed by atoms with Crippen LogP contribution in [0.15, 0.2) is 36.7 Å². The summed E-state index contributed by atoms with van der Waals surface area (Å²) in [6.07, 6.45) is 11.6. The molecule has 3 heteroatoms. The smallest absolute Gasteiger partial charge is 0.123 e. The van der Waals surface area contributed by atoms with Gasteiger partial charge in [0.25, 0.3) is 0 Å². The van der Waals surface area contributed by atoms with E-state index in [4.69, 9.17) is 4.74 Å². The maximum Gasteiger partial charge on any atom is 0.123 e. The fourth-order valence-electron chi connectivity index (χ4n) is 2.44. The van der Waals surface area contributed by atoms with Crippen LogP contribution in [-0.4, -0.2) is 16.2 Å². The predicted molar refractivity (Wildman–Crippen MR) is 87.5 cm³/mol. The van der Waals surface area contributed by atoms with Crippen LogP contribution in [0.3, 0.4) is 0 Å². The Balaban J connectivity index is 1.78. The molecule has 0 bridgehead atoms. The van der Waals surface area contributed by atoms with Gasteiger partial charge >= 0.3 is 0 Å². The Hall–Kier alpha value is -1.77. The first kappa shape index (κ1) is 15.6. The van der Waals surface area contributed by atoms with E-state index in [1.54, 1.807) is 0 Å². The highest BCUT2D eigenvalue weighted by molar-refractivity contribution is 5.56. The van der Waals surface area contributed by atoms with Gasteiger partial charge < -0.3 is 9.30 Å². The summed E-state index contributed by atoms with van der Waals surface area (Å²) >= 11 is 0. The molecule has 0 N–H and O–H groups in total. The molecule has 0 saturated heterocycles. The minimum Gasteiger partial charge on any atom is -0.493 e. The summed E-state index contributed by atoms with van der Waals surface area (Å²) in [4.78, 5) is 4.42. The van der Waals surface area contributed by atoms with Crippen LogP contribution in [0, 0.1) is 0 Å². The maximum atomic E-state index is 5.84. The Bertz CT molecular complexity index is 534. The van der Waals surface area contributed by atoms with Crippen LogP contribution in [0.2, 0.25) is 0 Å². The molecule has 0 atom stereocenters. The number of unbranched alkanes of at least 4 members (excludes halogenated alkanes) is 5. The molecule has 0 unspecified atom stereocenters. The van der Waals surface area contributed by atoms with Gasteiger partial charge in [-0.3, -0.25) is 4.98 Å². The van der Waals surface area contributed by atoms with Crippen LogP contribution in [-0.2, 0) is 7.05 Å². The summed E-state index contributed by atoms with van der Waals surface area (Å²) in [5.74, 6) is 0.912. The van der Waals surface area contributed by atoms with Crippen molar-refractivity contribution in [2.75, 3.05) is 6.61 Å². The van der Waals surface area contributed by atoms with Crippen LogP contribution < -0.4 is 4.74 Å². The van der Waals surface area contributed by atoms with E-state index in [1.807, 2.05) is 37.6 Å². The van der Waals surface area contributed by atoms with Gasteiger partial charge in [-0.25, -0.2) is 0 Å². The van der Waals surface area contributed by atoms with Crippen molar-refractivity contribution in [1.29, 1.82) is 0 Å². The van der Waals surface area contributed by atoms with Crippen molar-refractivity contribution in [1.82, 2.24) is 9.55 Å². The average molecular weight is 286 g/mol. The fourth-order valence-corrected chi connectivity index (χ4v) is 2.44. The lowest BCUT2D eigenvalue weighted by molar-refractivity contribution is 0.304. The Labute approximate surface area is 128 Å². The van der Waals surface area contributed by atoms with Gasteiger partial charge in [-0.05, 0) is 24.6 Å². The zero-order chi connectivity index (χ0) is 14.9. The second-order valence-corrected chi connectivity index (χ2v) is 5.50. The lowest BCUT2D eigenvalue weighted by Gasteiger charge is -2.08. The first-order valence-electron chi connectivity index (χ1n) is 8.02. The van der Waals surface area contributed by atoms with Crippen molar-refractivity contribution in [3.63, 3.8) is 0 Å². The molecule has 114 valence electrons. The summed E-state index contributed by atoms with van der Waals surface area (Å²) in [5, 5.41) is 0. The fraction of sp³-hybridized carbons (Fsp3) is 0.500. The Morgan fingerprint density at radius 3 is 2.67 bits per heavy atom. The normalized spacial score (nSPS) is 10.8. The molecule has 2 aromatic rings. The third kappa shape index (κ3) is 4.92. The molecule has 2 rings (SSSR count). The van der Waals surface area contributed by atoms with Gasteiger partial charge in [-0.1, -0.05) is 39.0 Å². The average Bonchev–Trinajstić information content (AvgIpc) is 2.93. The molecule has 21 heavy (non-hydrogen) atoms. The van der Waals surface area contributed by atoms with Crippen molar-refractivity contribution in [3.05, 3.63) is 36.7 Å². The number of pyridine rings is 1. The zero-order valence-electron chi connectivity index (χ0n) is 13.2. The van der Waals surface area contributed by atoms with Crippen LogP contribution in [0.4, 0.5) is 0 Å². The molecule has 0 aromatic carbocycles. The summed E-state index contributed by atoms with van der Waals surface area (Å²) in [7, 11) is 2.03. The van der Waals surface area contributed by atoms with E-state index in [0.717, 1.165) is 30.2 Å². The van der Waals surface area contributed by atoms with Crippen molar-refractivity contribution in [3.8, 4) is 17.1 Å². The van der Waals surface area contributed by atoms with E-state index in [0.29, 0.717) is 0 Å². The van der Waals surface area contributed by atoms with E-state index in [1.165, 1.54) is 32.1 Å². The van der Waals surface area contributed by atoms with Gasteiger partial charge in [0.2, 0.25) is 0 Å². The topological polar surface area (TPSA) is 27.1 Å². The molecule has 0 amide bonds. The number of hydrogen-bond acceptors (Lipinski definition) is 2. The number of ether oxygens (including phenoxy) is 1. The molecule has 0 radical (unpaired) electrons. The highest BCUT2D eigenvalue weighted by Crippen LogP contribution is 2.21. The highest BCUT2D eigenvalue weighted by Gasteiger charge is 2.04. The standard InChI is InChI=1S/C18H26N2O/c1-3-4-5-6-7-8-14-21-16-11-12-19-17(15-16)18-10-9-13-20(18)2/h9-13,15H,3-8,14H2,1-2H3. The van der Waals surface area contributed by atoms with Crippen LogP contribution in [0.25, 0.3) is 11.4 Å². The molecular formula is C18H26N2O. The predicted octanol–water partition coefficient (Wildman–Crippen LogP) is 4.83. The number of rotatable bonds is 9. The Kier molecular flexibility index (Phi) is 6.32. The monoisotopic (exact) mass is 286 g/mol. The summed E-state index contributed by atoms with van der Waals surface area (Å²) < 4.78 is 7.91. The number of aryl methyl sites for hydroxylation is 1. The largest absolute Gasteiger partial charge is 0.493 e. The first-order chi connectivity index (χ1) is 10.3. The lowest BCUT2D eigenvalue weighted by atomic mass is 10.1. The van der Waals surface area contributed by atoms with E-state index in [-0.39, 0.29) is 0 Å². The number of aromatic nitrogens is 2. The van der Waals surface area contributed by atoms with E-state index < -0.39 is 0 Å². The van der Waals surface area contributed by atoms with Gasteiger partial charge in [0.05, 0.1) is 18.0 Å². The lowest BCUT2D eigenvalue weighted by Crippen LogP contribution is -1.98. The quantitative estimate of drug-likeness (QED) is 0.617.